The molecule has 1 heterocycles. The Bertz CT molecular complexity index is 1080. The van der Waals surface area contributed by atoms with Crippen LogP contribution in [0.25, 0.3) is 11.0 Å². The van der Waals surface area contributed by atoms with Gasteiger partial charge in [0.25, 0.3) is 5.91 Å². The monoisotopic (exact) mass is 408 g/mol. The summed E-state index contributed by atoms with van der Waals surface area (Å²) >= 11 is 0. The number of amides is 2. The second-order valence-electron chi connectivity index (χ2n) is 7.21. The molecule has 0 radical (unpaired) electrons. The van der Waals surface area contributed by atoms with E-state index < -0.39 is 18.0 Å². The Hall–Kier alpha value is -3.61. The second kappa shape index (κ2) is 8.82. The fraction of sp³-hybridized carbons (Fsp3) is 0.261. The van der Waals surface area contributed by atoms with Crippen molar-refractivity contribution in [2.24, 2.45) is 0 Å². The number of benzene rings is 2. The fourth-order valence-corrected chi connectivity index (χ4v) is 3.07. The molecule has 1 atom stereocenters. The van der Waals surface area contributed by atoms with Gasteiger partial charge in [0.1, 0.15) is 5.58 Å². The number of nitrogens with one attached hydrogen (secondary N) is 1. The Morgan fingerprint density at radius 1 is 1.07 bits per heavy atom. The van der Waals surface area contributed by atoms with Gasteiger partial charge < -0.3 is 19.4 Å². The van der Waals surface area contributed by atoms with Gasteiger partial charge in [-0.2, -0.15) is 0 Å². The normalized spacial score (nSPS) is 11.7. The lowest BCUT2D eigenvalue weighted by molar-refractivity contribution is -0.140. The zero-order valence-electron chi connectivity index (χ0n) is 17.4. The summed E-state index contributed by atoms with van der Waals surface area (Å²) in [4.78, 5) is 38.4. The predicted molar refractivity (Wildman–Crippen MR) is 113 cm³/mol. The van der Waals surface area contributed by atoms with Crippen LogP contribution in [-0.4, -0.2) is 42.4 Å². The van der Waals surface area contributed by atoms with Crippen molar-refractivity contribution in [3.05, 3.63) is 65.4 Å². The SMILES string of the molecule is Cc1ccc(NC(=O)CN(C)C(=O)[C@H](C)OC(=O)c2oc3ccccc3c2C)cc1. The first kappa shape index (κ1) is 21.1. The number of rotatable bonds is 6. The van der Waals surface area contributed by atoms with Crippen molar-refractivity contribution >= 4 is 34.4 Å². The summed E-state index contributed by atoms with van der Waals surface area (Å²) in [6.45, 7) is 5.01. The largest absolute Gasteiger partial charge is 0.449 e. The van der Waals surface area contributed by atoms with E-state index in [1.165, 1.54) is 18.9 Å². The smallest absolute Gasteiger partial charge is 0.375 e. The van der Waals surface area contributed by atoms with Crippen LogP contribution in [0.15, 0.2) is 52.9 Å². The summed E-state index contributed by atoms with van der Waals surface area (Å²) in [7, 11) is 1.48. The quantitative estimate of drug-likeness (QED) is 0.629. The number of hydrogen-bond acceptors (Lipinski definition) is 5. The van der Waals surface area contributed by atoms with Gasteiger partial charge in [-0.1, -0.05) is 35.9 Å². The molecule has 0 fully saturated rings. The van der Waals surface area contributed by atoms with Crippen molar-refractivity contribution in [2.45, 2.75) is 26.9 Å². The molecule has 0 bridgehead atoms. The predicted octanol–water partition coefficient (Wildman–Crippen LogP) is 3.69. The Kier molecular flexibility index (Phi) is 6.20. The number of carbonyl (C=O) groups excluding carboxylic acids is 3. The third kappa shape index (κ3) is 4.68. The fourth-order valence-electron chi connectivity index (χ4n) is 3.07. The van der Waals surface area contributed by atoms with E-state index in [0.717, 1.165) is 10.9 Å². The number of esters is 1. The molecule has 30 heavy (non-hydrogen) atoms. The standard InChI is InChI=1S/C23H24N2O5/c1-14-9-11-17(12-10-14)24-20(26)13-25(4)22(27)16(3)29-23(28)21-15(2)18-7-5-6-8-19(18)30-21/h5-12,16H,13H2,1-4H3,(H,24,26)/t16-/m0/s1. The third-order valence-corrected chi connectivity index (χ3v) is 4.75. The van der Waals surface area contributed by atoms with Gasteiger partial charge in [0, 0.05) is 23.7 Å². The number of likely N-dealkylation sites (N-methyl/N-ethyl adjacent to an activating group) is 1. The molecule has 2 amide bonds. The molecule has 3 aromatic rings. The van der Waals surface area contributed by atoms with Crippen LogP contribution >= 0.6 is 0 Å². The number of aryl methyl sites for hydroxylation is 2. The van der Waals surface area contributed by atoms with Gasteiger partial charge in [0.15, 0.2) is 6.10 Å². The summed E-state index contributed by atoms with van der Waals surface area (Å²) in [5.74, 6) is -1.49. The van der Waals surface area contributed by atoms with Crippen LogP contribution in [-0.2, 0) is 14.3 Å². The number of nitrogens with zero attached hydrogens (tertiary/aromatic N) is 1. The molecule has 1 N–H and O–H groups in total. The van der Waals surface area contributed by atoms with Gasteiger partial charge >= 0.3 is 5.97 Å². The van der Waals surface area contributed by atoms with Crippen LogP contribution in [0, 0.1) is 13.8 Å². The van der Waals surface area contributed by atoms with Crippen molar-refractivity contribution in [3.63, 3.8) is 0 Å². The van der Waals surface area contributed by atoms with Crippen molar-refractivity contribution in [2.75, 3.05) is 18.9 Å². The Balaban J connectivity index is 1.58. The highest BCUT2D eigenvalue weighted by Crippen LogP contribution is 2.25. The molecule has 0 saturated heterocycles. The van der Waals surface area contributed by atoms with E-state index >= 15 is 0 Å². The highest BCUT2D eigenvalue weighted by molar-refractivity contribution is 5.98. The minimum Gasteiger partial charge on any atom is -0.449 e. The number of fused-ring (bicyclic) bond motifs is 1. The van der Waals surface area contributed by atoms with Crippen molar-refractivity contribution in [1.82, 2.24) is 4.90 Å². The molecule has 0 spiro atoms. The number of ether oxygens (including phenoxy) is 1. The molecular formula is C23H24N2O5. The summed E-state index contributed by atoms with van der Waals surface area (Å²) in [5.41, 5.74) is 2.95. The highest BCUT2D eigenvalue weighted by atomic mass is 16.6. The molecule has 3 rings (SSSR count). The Morgan fingerprint density at radius 3 is 2.40 bits per heavy atom. The molecule has 7 nitrogen and oxygen atoms in total. The van der Waals surface area contributed by atoms with Crippen molar-refractivity contribution in [3.8, 4) is 0 Å². The molecular weight excluding hydrogens is 384 g/mol. The lowest BCUT2D eigenvalue weighted by Crippen LogP contribution is -2.41. The topological polar surface area (TPSA) is 88.9 Å². The maximum atomic E-state index is 12.5. The number of furan rings is 1. The number of para-hydroxylation sites is 1. The first-order valence-electron chi connectivity index (χ1n) is 9.57. The third-order valence-electron chi connectivity index (χ3n) is 4.75. The van der Waals surface area contributed by atoms with E-state index in [4.69, 9.17) is 9.15 Å². The van der Waals surface area contributed by atoms with E-state index in [9.17, 15) is 14.4 Å². The van der Waals surface area contributed by atoms with Gasteiger partial charge in [-0.15, -0.1) is 0 Å². The van der Waals surface area contributed by atoms with Gasteiger partial charge in [-0.05, 0) is 39.0 Å². The average molecular weight is 408 g/mol. The van der Waals surface area contributed by atoms with Gasteiger partial charge in [-0.3, -0.25) is 9.59 Å². The molecule has 156 valence electrons. The van der Waals surface area contributed by atoms with E-state index in [1.807, 2.05) is 37.3 Å². The maximum Gasteiger partial charge on any atom is 0.375 e. The van der Waals surface area contributed by atoms with Crippen molar-refractivity contribution in [1.29, 1.82) is 0 Å². The minimum atomic E-state index is -1.07. The van der Waals surface area contributed by atoms with Crippen LogP contribution in [0.2, 0.25) is 0 Å². The first-order chi connectivity index (χ1) is 14.3. The molecule has 0 unspecified atom stereocenters. The summed E-state index contributed by atoms with van der Waals surface area (Å²) in [6, 6.07) is 14.6. The first-order valence-corrected chi connectivity index (χ1v) is 9.57. The van der Waals surface area contributed by atoms with Crippen molar-refractivity contribution < 1.29 is 23.5 Å². The average Bonchev–Trinajstić information content (AvgIpc) is 3.06. The van der Waals surface area contributed by atoms with E-state index in [0.29, 0.717) is 16.8 Å². The summed E-state index contributed by atoms with van der Waals surface area (Å²) in [5, 5.41) is 3.54. The molecule has 0 saturated carbocycles. The molecule has 2 aromatic carbocycles. The van der Waals surface area contributed by atoms with Crippen LogP contribution in [0.5, 0.6) is 0 Å². The minimum absolute atomic E-state index is 0.0654. The summed E-state index contributed by atoms with van der Waals surface area (Å²) in [6.07, 6.45) is -1.07. The zero-order chi connectivity index (χ0) is 21.8. The number of anilines is 1. The van der Waals surface area contributed by atoms with Crippen LogP contribution in [0.1, 0.15) is 28.6 Å². The van der Waals surface area contributed by atoms with Crippen LogP contribution in [0.4, 0.5) is 5.69 Å². The van der Waals surface area contributed by atoms with Gasteiger partial charge in [0.2, 0.25) is 11.7 Å². The van der Waals surface area contributed by atoms with E-state index in [1.54, 1.807) is 25.1 Å². The van der Waals surface area contributed by atoms with E-state index in [-0.39, 0.29) is 18.2 Å². The lowest BCUT2D eigenvalue weighted by Gasteiger charge is -2.21. The Morgan fingerprint density at radius 2 is 1.73 bits per heavy atom. The molecule has 1 aromatic heterocycles. The molecule has 0 aliphatic heterocycles. The van der Waals surface area contributed by atoms with Crippen LogP contribution < -0.4 is 5.32 Å². The number of hydrogen-bond donors (Lipinski definition) is 1. The summed E-state index contributed by atoms with van der Waals surface area (Å²) < 4.78 is 10.9. The van der Waals surface area contributed by atoms with Gasteiger partial charge in [-0.25, -0.2) is 4.79 Å². The van der Waals surface area contributed by atoms with E-state index in [2.05, 4.69) is 5.32 Å². The highest BCUT2D eigenvalue weighted by Gasteiger charge is 2.26. The number of carbonyl (C=O) groups is 3. The molecule has 0 aliphatic carbocycles. The van der Waals surface area contributed by atoms with Gasteiger partial charge in [0.05, 0.1) is 6.54 Å². The molecule has 0 aliphatic rings. The van der Waals surface area contributed by atoms with Crippen LogP contribution in [0.3, 0.4) is 0 Å². The Labute approximate surface area is 174 Å². The molecule has 7 heteroatoms. The zero-order valence-corrected chi connectivity index (χ0v) is 17.4. The maximum absolute atomic E-state index is 12.5. The second-order valence-corrected chi connectivity index (χ2v) is 7.21. The lowest BCUT2D eigenvalue weighted by atomic mass is 10.1.